The van der Waals surface area contributed by atoms with Gasteiger partial charge in [-0.05, 0) is 14.1 Å². The Labute approximate surface area is 48.9 Å². The van der Waals surface area contributed by atoms with E-state index < -0.39 is 0 Å². The van der Waals surface area contributed by atoms with Gasteiger partial charge in [-0.3, -0.25) is 0 Å². The van der Waals surface area contributed by atoms with Gasteiger partial charge >= 0.3 is 0 Å². The molecule has 2 heteroatoms. The van der Waals surface area contributed by atoms with Crippen molar-refractivity contribution in [3.8, 4) is 0 Å². The van der Waals surface area contributed by atoms with Crippen LogP contribution in [-0.4, -0.2) is 19.0 Å². The van der Waals surface area contributed by atoms with Gasteiger partial charge in [-0.2, -0.15) is 0 Å². The summed E-state index contributed by atoms with van der Waals surface area (Å²) in [7, 11) is 7.25. The van der Waals surface area contributed by atoms with E-state index in [9.17, 15) is 0 Å². The molecular weight excluding hydrogens is 158 g/mol. The van der Waals surface area contributed by atoms with Crippen LogP contribution in [0.5, 0.6) is 0 Å². The van der Waals surface area contributed by atoms with E-state index in [-0.39, 0.29) is 22.4 Å². The number of hydrogen-bond donors (Lipinski definition) is 0. The zero-order valence-electron chi connectivity index (χ0n) is 3.46. The van der Waals surface area contributed by atoms with Gasteiger partial charge < -0.3 is 4.90 Å². The summed E-state index contributed by atoms with van der Waals surface area (Å²) in [5.74, 6) is 0. The maximum Gasteiger partial charge on any atom is 0.0103 e. The maximum absolute atomic E-state index is 3.47. The quantitative estimate of drug-likeness (QED) is 0.469. The summed E-state index contributed by atoms with van der Waals surface area (Å²) in [5, 5.41) is 0. The molecule has 0 amide bonds. The van der Waals surface area contributed by atoms with Crippen molar-refractivity contribution in [1.29, 1.82) is 0 Å². The molecule has 0 unspecified atom stereocenters. The molecule has 2 radical (unpaired) electrons. The van der Waals surface area contributed by atoms with Crippen LogP contribution in [-0.2, 0) is 22.4 Å². The molecule has 0 saturated heterocycles. The molecule has 0 aromatic carbocycles. The summed E-state index contributed by atoms with van der Waals surface area (Å²) >= 11 is 0. The van der Waals surface area contributed by atoms with Crippen molar-refractivity contribution >= 4 is 0 Å². The van der Waals surface area contributed by atoms with E-state index >= 15 is 0 Å². The van der Waals surface area contributed by atoms with Crippen LogP contribution in [0.1, 0.15) is 0 Å². The van der Waals surface area contributed by atoms with Crippen LogP contribution in [0.3, 0.4) is 0 Å². The minimum absolute atomic E-state index is 0. The molecule has 0 atom stereocenters. The van der Waals surface area contributed by atoms with Gasteiger partial charge in [-0.1, -0.05) is 0 Å². The van der Waals surface area contributed by atoms with Gasteiger partial charge in [0.05, 0.1) is 0 Å². The van der Waals surface area contributed by atoms with E-state index in [0.717, 1.165) is 0 Å². The van der Waals surface area contributed by atoms with Crippen LogP contribution in [0.15, 0.2) is 0 Å². The van der Waals surface area contributed by atoms with Crippen LogP contribution in [0.25, 0.3) is 0 Å². The maximum atomic E-state index is 3.47. The first-order chi connectivity index (χ1) is 1.73. The summed E-state index contributed by atoms with van der Waals surface area (Å²) in [6, 6.07) is 0. The molecule has 5 heavy (non-hydrogen) atoms. The molecule has 0 fully saturated rings. The topological polar surface area (TPSA) is 3.24 Å². The Morgan fingerprint density at radius 1 is 1.40 bits per heavy atom. The Hall–Kier alpha value is 0.700. The predicted octanol–water partition coefficient (Wildman–Crippen LogP) is 0.337. The fourth-order valence-corrected chi connectivity index (χ4v) is 0. The van der Waals surface area contributed by atoms with E-state index in [1.807, 2.05) is 14.1 Å². The molecule has 0 bridgehead atoms. The Kier molecular flexibility index (Phi) is 8.65. The van der Waals surface area contributed by atoms with Crippen molar-refractivity contribution in [3.05, 3.63) is 7.05 Å². The van der Waals surface area contributed by atoms with Crippen molar-refractivity contribution in [3.63, 3.8) is 0 Å². The summed E-state index contributed by atoms with van der Waals surface area (Å²) in [5.41, 5.74) is 0. The van der Waals surface area contributed by atoms with Crippen molar-refractivity contribution in [2.75, 3.05) is 14.1 Å². The molecule has 0 aliphatic rings. The van der Waals surface area contributed by atoms with Crippen LogP contribution >= 0.6 is 0 Å². The van der Waals surface area contributed by atoms with Crippen molar-refractivity contribution < 1.29 is 22.4 Å². The average Bonchev–Trinajstić information content (AvgIpc) is 0.811. The Balaban J connectivity index is 0. The van der Waals surface area contributed by atoms with E-state index in [2.05, 4.69) is 7.05 Å². The Bertz CT molecular complexity index is 11.6. The number of nitrogens with zero attached hydrogens (tertiary/aromatic N) is 1. The molecule has 0 aliphatic carbocycles. The summed E-state index contributed by atoms with van der Waals surface area (Å²) < 4.78 is 0. The summed E-state index contributed by atoms with van der Waals surface area (Å²) in [4.78, 5) is 1.75. The van der Waals surface area contributed by atoms with Crippen LogP contribution in [0.2, 0.25) is 0 Å². The number of rotatable bonds is 0. The van der Waals surface area contributed by atoms with Crippen molar-refractivity contribution in [2.45, 2.75) is 0 Å². The minimum atomic E-state index is 0. The molecule has 0 heterocycles. The third-order valence-electron chi connectivity index (χ3n) is 0. The molecular formula is C3H8AgN. The molecule has 0 aliphatic heterocycles. The van der Waals surface area contributed by atoms with Gasteiger partial charge in [0, 0.05) is 29.4 Å². The van der Waals surface area contributed by atoms with Gasteiger partial charge in [0.25, 0.3) is 0 Å². The molecule has 0 saturated carbocycles. The zero-order chi connectivity index (χ0) is 3.58. The van der Waals surface area contributed by atoms with E-state index in [1.165, 1.54) is 0 Å². The fraction of sp³-hybridized carbons (Fsp3) is 0.667. The Morgan fingerprint density at radius 3 is 1.40 bits per heavy atom. The molecule has 0 spiro atoms. The first-order valence-corrected chi connectivity index (χ1v) is 1.21. The second kappa shape index (κ2) is 4.70. The molecule has 0 aromatic heterocycles. The van der Waals surface area contributed by atoms with Crippen LogP contribution in [0, 0.1) is 7.05 Å². The average molecular weight is 166 g/mol. The third-order valence-corrected chi connectivity index (χ3v) is 0. The summed E-state index contributed by atoms with van der Waals surface area (Å²) in [6.07, 6.45) is 0. The smallest absolute Gasteiger partial charge is 0.0103 e. The largest absolute Gasteiger partial charge is 0.308 e. The zero-order valence-corrected chi connectivity index (χ0v) is 4.94. The molecule has 0 N–H and O–H groups in total. The third kappa shape index (κ3) is 69.9. The van der Waals surface area contributed by atoms with Crippen molar-refractivity contribution in [1.82, 2.24) is 4.90 Å². The number of hydrogen-bond acceptors (Lipinski definition) is 1. The van der Waals surface area contributed by atoms with Gasteiger partial charge in [0.15, 0.2) is 0 Å². The molecule has 0 aromatic rings. The fourth-order valence-electron chi connectivity index (χ4n) is 0. The van der Waals surface area contributed by atoms with Gasteiger partial charge in [0.2, 0.25) is 0 Å². The first-order valence-electron chi connectivity index (χ1n) is 1.21. The SMILES string of the molecule is [Ag].[CH2]N(C)C. The standard InChI is InChI=1S/C3H8N.Ag/c1-4(2)3;/h1H2,2-3H3;. The van der Waals surface area contributed by atoms with E-state index in [0.29, 0.717) is 0 Å². The monoisotopic (exact) mass is 165 g/mol. The van der Waals surface area contributed by atoms with Crippen molar-refractivity contribution in [2.24, 2.45) is 0 Å². The van der Waals surface area contributed by atoms with Gasteiger partial charge in [-0.15, -0.1) is 0 Å². The molecule has 36 valence electrons. The minimum Gasteiger partial charge on any atom is -0.308 e. The molecule has 1 nitrogen and oxygen atoms in total. The molecule has 0 rings (SSSR count). The first kappa shape index (κ1) is 9.20. The van der Waals surface area contributed by atoms with Gasteiger partial charge in [-0.25, -0.2) is 0 Å². The predicted molar refractivity (Wildman–Crippen MR) is 19.0 cm³/mol. The van der Waals surface area contributed by atoms with Crippen LogP contribution in [0.4, 0.5) is 0 Å². The Morgan fingerprint density at radius 2 is 1.40 bits per heavy atom. The second-order valence-electron chi connectivity index (χ2n) is 1.08. The summed E-state index contributed by atoms with van der Waals surface area (Å²) in [6.45, 7) is 0. The van der Waals surface area contributed by atoms with E-state index in [4.69, 9.17) is 0 Å². The second-order valence-corrected chi connectivity index (χ2v) is 1.08. The van der Waals surface area contributed by atoms with Gasteiger partial charge in [0.1, 0.15) is 0 Å². The normalized spacial score (nSPS) is 7.20. The van der Waals surface area contributed by atoms with Crippen LogP contribution < -0.4 is 0 Å². The van der Waals surface area contributed by atoms with E-state index in [1.54, 1.807) is 4.90 Å².